The number of pyridine rings is 1. The second kappa shape index (κ2) is 12.8. The van der Waals surface area contributed by atoms with E-state index in [0.717, 1.165) is 23.2 Å². The minimum absolute atomic E-state index is 0. The maximum absolute atomic E-state index is 12.4. The normalized spacial score (nSPS) is 10.5. The van der Waals surface area contributed by atoms with E-state index in [9.17, 15) is 13.2 Å². The molecule has 0 fully saturated rings. The van der Waals surface area contributed by atoms with E-state index in [1.807, 2.05) is 16.8 Å². The Balaban J connectivity index is 0.00000204. The van der Waals surface area contributed by atoms with Crippen molar-refractivity contribution in [3.8, 4) is 17.4 Å². The largest absolute Gasteiger partial charge is 0.573 e. The predicted octanol–water partition coefficient (Wildman–Crippen LogP) is 6.14. The van der Waals surface area contributed by atoms with Crippen LogP contribution in [0.4, 0.5) is 24.7 Å². The fourth-order valence-electron chi connectivity index (χ4n) is 3.00. The fourth-order valence-corrected chi connectivity index (χ4v) is 3.21. The maximum atomic E-state index is 12.4. The summed E-state index contributed by atoms with van der Waals surface area (Å²) in [5.74, 6) is 0.217. The molecule has 0 spiro atoms. The number of rotatable bonds is 7. The highest BCUT2D eigenvalue weighted by Gasteiger charge is 2.31. The number of hydrogen-bond acceptors (Lipinski definition) is 7. The van der Waals surface area contributed by atoms with Gasteiger partial charge in [0.1, 0.15) is 28.4 Å². The summed E-state index contributed by atoms with van der Waals surface area (Å²) >= 11 is 6.28. The number of fused-ring (bicyclic) bond motifs is 1. The molecule has 0 radical (unpaired) electrons. The van der Waals surface area contributed by atoms with Gasteiger partial charge in [-0.1, -0.05) is 17.7 Å². The molecule has 3 heterocycles. The Morgan fingerprint density at radius 1 is 1.03 bits per heavy atom. The number of nitrogens with zero attached hydrogens (tertiary/aromatic N) is 4. The third-order valence-corrected chi connectivity index (χ3v) is 4.51. The summed E-state index contributed by atoms with van der Waals surface area (Å²) in [6, 6.07) is 8.47. The smallest absolute Gasteiger partial charge is 0.437 e. The average Bonchev–Trinajstić information content (AvgIpc) is 3.13. The molecule has 4 aromatic rings. The van der Waals surface area contributed by atoms with Crippen molar-refractivity contribution in [3.63, 3.8) is 0 Å². The first kappa shape index (κ1) is 30.3. The van der Waals surface area contributed by atoms with Crippen LogP contribution in [0, 0.1) is 0 Å². The first-order chi connectivity index (χ1) is 15.3. The molecule has 0 bridgehead atoms. The van der Waals surface area contributed by atoms with E-state index in [4.69, 9.17) is 22.1 Å². The fraction of sp³-hybridized carbons (Fsp3) is 0.150. The number of hydrogen-bond donors (Lipinski definition) is 2. The molecule has 0 saturated carbocycles. The van der Waals surface area contributed by atoms with Crippen LogP contribution in [0.3, 0.4) is 0 Å². The van der Waals surface area contributed by atoms with Crippen LogP contribution in [0.2, 0.25) is 5.02 Å². The molecule has 0 amide bonds. The molecule has 1 aromatic carbocycles. The van der Waals surface area contributed by atoms with Crippen LogP contribution in [0.25, 0.3) is 11.0 Å². The Hall–Kier alpha value is -2.70. The molecule has 3 aromatic heterocycles. The van der Waals surface area contributed by atoms with Crippen LogP contribution in [-0.2, 0) is 6.54 Å². The van der Waals surface area contributed by atoms with Crippen molar-refractivity contribution in [2.24, 2.45) is 5.73 Å². The number of benzene rings is 1. The van der Waals surface area contributed by atoms with Crippen LogP contribution in [0.15, 0.2) is 55.1 Å². The van der Waals surface area contributed by atoms with E-state index in [0.29, 0.717) is 24.6 Å². The topological polar surface area (TPSA) is 100 Å². The molecule has 0 atom stereocenters. The molecule has 4 rings (SSSR count). The molecule has 3 N–H and O–H groups in total. The monoisotopic (exact) mass is 572 g/mol. The van der Waals surface area contributed by atoms with Crippen LogP contribution in [0.1, 0.15) is 0 Å². The lowest BCUT2D eigenvalue weighted by atomic mass is 10.3. The zero-order valence-corrected chi connectivity index (χ0v) is 20.7. The van der Waals surface area contributed by atoms with Crippen LogP contribution in [0.5, 0.6) is 17.4 Å². The molecule has 0 unspecified atom stereocenters. The first-order valence-electron chi connectivity index (χ1n) is 9.28. The van der Waals surface area contributed by atoms with Gasteiger partial charge in [-0.3, -0.25) is 0 Å². The summed E-state index contributed by atoms with van der Waals surface area (Å²) in [5.41, 5.74) is 7.71. The van der Waals surface area contributed by atoms with E-state index in [1.165, 1.54) is 24.7 Å². The number of ether oxygens (including phenoxy) is 2. The molecule has 35 heavy (non-hydrogen) atoms. The van der Waals surface area contributed by atoms with Crippen LogP contribution >= 0.6 is 48.8 Å². The lowest BCUT2D eigenvalue weighted by molar-refractivity contribution is -0.274. The van der Waals surface area contributed by atoms with Crippen molar-refractivity contribution in [2.75, 3.05) is 11.9 Å². The molecule has 0 aliphatic heterocycles. The van der Waals surface area contributed by atoms with E-state index in [2.05, 4.69) is 25.0 Å². The van der Waals surface area contributed by atoms with Gasteiger partial charge in [-0.2, -0.15) is 0 Å². The minimum Gasteiger partial charge on any atom is -0.437 e. The first-order valence-corrected chi connectivity index (χ1v) is 9.66. The van der Waals surface area contributed by atoms with E-state index < -0.39 is 12.1 Å². The van der Waals surface area contributed by atoms with Gasteiger partial charge in [0.15, 0.2) is 5.82 Å². The van der Waals surface area contributed by atoms with Gasteiger partial charge in [0.05, 0.1) is 17.4 Å². The summed E-state index contributed by atoms with van der Waals surface area (Å²) in [6.45, 7) is 1.04. The maximum Gasteiger partial charge on any atom is 0.573 e. The van der Waals surface area contributed by atoms with Crippen molar-refractivity contribution in [1.29, 1.82) is 0 Å². The lowest BCUT2D eigenvalue weighted by Crippen LogP contribution is -2.17. The summed E-state index contributed by atoms with van der Waals surface area (Å²) in [5, 5.41) is 3.28. The Labute approximate surface area is 221 Å². The standard InChI is InChI=1S/C20H16ClF3N6O2.3ClH/c21-15-8-12(29-18-17-16(27-11-28-18)4-6-30(17)7-5-25)10-26-19(15)31-13-2-1-3-14(9-13)32-20(22,23)24;;;/h1-4,6,8-11H,5,7,25H2,(H,27,28,29);3*1H. The summed E-state index contributed by atoms with van der Waals surface area (Å²) < 4.78 is 48.6. The van der Waals surface area contributed by atoms with Crippen LogP contribution in [-0.4, -0.2) is 32.4 Å². The number of halogens is 7. The third kappa shape index (κ3) is 7.64. The summed E-state index contributed by atoms with van der Waals surface area (Å²) in [4.78, 5) is 12.7. The zero-order chi connectivity index (χ0) is 22.7. The highest BCUT2D eigenvalue weighted by Crippen LogP contribution is 2.33. The van der Waals surface area contributed by atoms with Gasteiger partial charge in [0.2, 0.25) is 5.88 Å². The molecular weight excluding hydrogens is 555 g/mol. The summed E-state index contributed by atoms with van der Waals surface area (Å²) in [6.07, 6.45) is -0.0458. The minimum atomic E-state index is -4.81. The molecule has 8 nitrogen and oxygen atoms in total. The number of anilines is 2. The van der Waals surface area contributed by atoms with E-state index >= 15 is 0 Å². The van der Waals surface area contributed by atoms with Crippen molar-refractivity contribution >= 4 is 71.4 Å². The lowest BCUT2D eigenvalue weighted by Gasteiger charge is -2.12. The van der Waals surface area contributed by atoms with Gasteiger partial charge in [-0.15, -0.1) is 50.4 Å². The quantitative estimate of drug-likeness (QED) is 0.274. The van der Waals surface area contributed by atoms with Gasteiger partial charge in [0.25, 0.3) is 0 Å². The molecule has 15 heteroatoms. The Kier molecular flexibility index (Phi) is 11.1. The third-order valence-electron chi connectivity index (χ3n) is 4.24. The zero-order valence-electron chi connectivity index (χ0n) is 17.5. The Bertz CT molecular complexity index is 1260. The highest BCUT2D eigenvalue weighted by atomic mass is 35.5. The van der Waals surface area contributed by atoms with Gasteiger partial charge >= 0.3 is 6.36 Å². The highest BCUT2D eigenvalue weighted by molar-refractivity contribution is 6.32. The molecule has 190 valence electrons. The predicted molar refractivity (Wildman–Crippen MR) is 134 cm³/mol. The SMILES string of the molecule is Cl.Cl.Cl.NCCn1ccc2ncnc(Nc3cnc(Oc4cccc(OC(F)(F)F)c4)c(Cl)c3)c21. The van der Waals surface area contributed by atoms with Crippen molar-refractivity contribution in [3.05, 3.63) is 60.1 Å². The molecule has 0 saturated heterocycles. The molecule has 0 aliphatic rings. The van der Waals surface area contributed by atoms with E-state index in [1.54, 1.807) is 6.07 Å². The number of alkyl halides is 3. The average molecular weight is 574 g/mol. The summed E-state index contributed by atoms with van der Waals surface area (Å²) in [7, 11) is 0. The van der Waals surface area contributed by atoms with Crippen LogP contribution < -0.4 is 20.5 Å². The number of aromatic nitrogens is 4. The van der Waals surface area contributed by atoms with Crippen molar-refractivity contribution in [2.45, 2.75) is 12.9 Å². The second-order valence-electron chi connectivity index (χ2n) is 6.51. The Morgan fingerprint density at radius 2 is 1.77 bits per heavy atom. The van der Waals surface area contributed by atoms with E-state index in [-0.39, 0.29) is 53.9 Å². The molecule has 0 aliphatic carbocycles. The Morgan fingerprint density at radius 3 is 2.46 bits per heavy atom. The van der Waals surface area contributed by atoms with Gasteiger partial charge in [0, 0.05) is 25.4 Å². The van der Waals surface area contributed by atoms with Gasteiger partial charge in [-0.05, 0) is 24.3 Å². The number of nitrogens with one attached hydrogen (secondary N) is 1. The number of nitrogens with two attached hydrogens (primary N) is 1. The van der Waals surface area contributed by atoms with Crippen molar-refractivity contribution in [1.82, 2.24) is 19.5 Å². The van der Waals surface area contributed by atoms with Gasteiger partial charge < -0.3 is 25.1 Å². The second-order valence-corrected chi connectivity index (χ2v) is 6.92. The molecular formula is C20H19Cl4F3N6O2. The van der Waals surface area contributed by atoms with Gasteiger partial charge in [-0.25, -0.2) is 15.0 Å². The van der Waals surface area contributed by atoms with Crippen molar-refractivity contribution < 1.29 is 22.6 Å².